The molecule has 1 aromatic heterocycles. The highest BCUT2D eigenvalue weighted by Crippen LogP contribution is 2.43. The Morgan fingerprint density at radius 2 is 1.10 bits per heavy atom. The molecule has 2 heterocycles. The molecule has 0 amide bonds. The molecule has 15 nitrogen and oxygen atoms in total. The molecule has 0 bridgehead atoms. The first-order chi connectivity index (χ1) is 32.8. The third kappa shape index (κ3) is 30.6. The van der Waals surface area contributed by atoms with E-state index < -0.39 is 55.6 Å². The van der Waals surface area contributed by atoms with Gasteiger partial charge in [-0.3, -0.25) is 33.0 Å². The molecule has 0 aliphatic carbocycles. The minimum absolute atomic E-state index is 0.0148. The summed E-state index contributed by atoms with van der Waals surface area (Å²) >= 11 is 0. The zero-order chi connectivity index (χ0) is 49.7. The Hall–Kier alpha value is -2.91. The Kier molecular flexibility index (Phi) is 34.1. The molecule has 392 valence electrons. The lowest BCUT2D eigenvalue weighted by atomic mass is 10.1. The van der Waals surface area contributed by atoms with Gasteiger partial charge in [0.25, 0.3) is 5.56 Å². The van der Waals surface area contributed by atoms with Crippen LogP contribution in [0.15, 0.2) is 46.2 Å². The third-order valence-corrected chi connectivity index (χ3v) is 13.0. The van der Waals surface area contributed by atoms with Crippen LogP contribution < -0.4 is 11.2 Å². The van der Waals surface area contributed by atoms with Gasteiger partial charge in [-0.15, -0.1) is 0 Å². The van der Waals surface area contributed by atoms with Crippen molar-refractivity contribution in [1.82, 2.24) is 9.55 Å². The average molecular weight is 983 g/mol. The zero-order valence-electron chi connectivity index (χ0n) is 42.9. The maximum absolute atomic E-state index is 13.5. The summed E-state index contributed by atoms with van der Waals surface area (Å²) in [5.41, 5.74) is -1.41. The predicted octanol–water partition coefficient (Wildman–Crippen LogP) is 11.2. The summed E-state index contributed by atoms with van der Waals surface area (Å²) in [5.74, 6) is -1.04. The van der Waals surface area contributed by atoms with E-state index in [4.69, 9.17) is 28.0 Å². The summed E-state index contributed by atoms with van der Waals surface area (Å²) in [6, 6.07) is 1.15. The highest BCUT2D eigenvalue weighted by Gasteiger charge is 2.51. The number of hydrogen-bond acceptors (Lipinski definition) is 11. The maximum atomic E-state index is 13.5. The van der Waals surface area contributed by atoms with Gasteiger partial charge in [-0.25, -0.2) is 9.36 Å². The number of hydrogen-bond donors (Lipinski definition) is 2. The standard InChI is InChI=1S/C52H92N3O12P/c1-6-8-10-12-14-16-18-20-22-24-26-28-30-32-34-36-47(57)66-49-45(44-62-42-43-64-68(60,61)63-41-40-55(3,4)5)65-51(54-39-38-46(56)53-52(54)59)50(49)67-48(58)37-35-33-31-29-27-25-23-21-19-17-15-13-11-9-7-2/h20-23,38-39,45,49-51H,6-19,24-37,40-44H2,1-5H3,(H-,53,56,59,60,61)/p+1/b22-20-,23-21-/t45-,49-,50-,51-/m1/s1. The van der Waals surface area contributed by atoms with Crippen molar-refractivity contribution in [3.63, 3.8) is 0 Å². The fraction of sp³-hybridized carbons (Fsp3) is 0.808. The molecule has 0 radical (unpaired) electrons. The number of nitrogens with one attached hydrogen (secondary N) is 1. The molecular weight excluding hydrogens is 890 g/mol. The number of H-pyrrole nitrogens is 1. The van der Waals surface area contributed by atoms with Crippen LogP contribution in [-0.2, 0) is 42.1 Å². The van der Waals surface area contributed by atoms with Crippen LogP contribution in [0.4, 0.5) is 0 Å². The topological polar surface area (TPSA) is 182 Å². The lowest BCUT2D eigenvalue weighted by Gasteiger charge is -2.25. The van der Waals surface area contributed by atoms with Crippen molar-refractivity contribution in [2.75, 3.05) is 54.1 Å². The first kappa shape index (κ1) is 61.2. The molecule has 2 rings (SSSR count). The smallest absolute Gasteiger partial charge is 0.455 e. The minimum atomic E-state index is -4.34. The predicted molar refractivity (Wildman–Crippen MR) is 269 cm³/mol. The van der Waals surface area contributed by atoms with Crippen LogP contribution in [0.3, 0.4) is 0 Å². The van der Waals surface area contributed by atoms with E-state index in [0.29, 0.717) is 23.9 Å². The summed E-state index contributed by atoms with van der Waals surface area (Å²) < 4.78 is 48.3. The minimum Gasteiger partial charge on any atom is -0.455 e. The van der Waals surface area contributed by atoms with Crippen LogP contribution in [0.2, 0.25) is 0 Å². The highest BCUT2D eigenvalue weighted by atomic mass is 31.2. The van der Waals surface area contributed by atoms with Crippen LogP contribution in [0.5, 0.6) is 0 Å². The zero-order valence-corrected chi connectivity index (χ0v) is 43.8. The summed E-state index contributed by atoms with van der Waals surface area (Å²) in [7, 11) is 1.45. The molecule has 5 atom stereocenters. The molecule has 1 unspecified atom stereocenters. The lowest BCUT2D eigenvalue weighted by Crippen LogP contribution is -2.42. The SMILES string of the molecule is CCCCCCCC/C=C\CCCCCCCC(=O)O[C@@H]1[C@H](OC(=O)CCCCCCC/C=C\CCCCCCCC)[C@@H](COCCOP(=O)(O)OCC[N+](C)(C)C)O[C@H]1n1ccc(=O)[nH]c1=O. The second kappa shape index (κ2) is 37.9. The van der Waals surface area contributed by atoms with Gasteiger partial charge in [-0.1, -0.05) is 141 Å². The summed E-state index contributed by atoms with van der Waals surface area (Å²) in [5, 5.41) is 0. The number of quaternary nitrogens is 1. The van der Waals surface area contributed by atoms with E-state index in [2.05, 4.69) is 43.1 Å². The quantitative estimate of drug-likeness (QED) is 0.0208. The Morgan fingerprint density at radius 1 is 0.662 bits per heavy atom. The van der Waals surface area contributed by atoms with Gasteiger partial charge in [0, 0.05) is 25.1 Å². The van der Waals surface area contributed by atoms with E-state index in [9.17, 15) is 28.6 Å². The van der Waals surface area contributed by atoms with Crippen LogP contribution in [-0.4, -0.2) is 103 Å². The van der Waals surface area contributed by atoms with E-state index in [1.807, 2.05) is 21.1 Å². The van der Waals surface area contributed by atoms with Crippen molar-refractivity contribution in [1.29, 1.82) is 0 Å². The second-order valence-electron chi connectivity index (χ2n) is 19.4. The van der Waals surface area contributed by atoms with Crippen molar-refractivity contribution >= 4 is 19.8 Å². The lowest BCUT2D eigenvalue weighted by molar-refractivity contribution is -0.870. The number of rotatable bonds is 43. The van der Waals surface area contributed by atoms with E-state index >= 15 is 0 Å². The van der Waals surface area contributed by atoms with Gasteiger partial charge in [-0.05, 0) is 64.2 Å². The van der Waals surface area contributed by atoms with Crippen LogP contribution in [0.1, 0.15) is 200 Å². The van der Waals surface area contributed by atoms with Crippen molar-refractivity contribution in [2.24, 2.45) is 0 Å². The van der Waals surface area contributed by atoms with Crippen molar-refractivity contribution < 1.29 is 51.5 Å². The second-order valence-corrected chi connectivity index (χ2v) is 20.8. The number of nitrogens with zero attached hydrogens (tertiary/aromatic N) is 2. The number of phosphoric ester groups is 1. The Labute approximate surface area is 409 Å². The molecule has 0 spiro atoms. The molecule has 0 aromatic carbocycles. The number of allylic oxidation sites excluding steroid dienone is 4. The molecule has 16 heteroatoms. The molecule has 0 saturated carbocycles. The molecule has 1 fully saturated rings. The molecular formula is C52H93N3O12P+. The number of esters is 2. The number of phosphoric acid groups is 1. The average Bonchev–Trinajstić information content (AvgIpc) is 3.60. The number of aromatic nitrogens is 2. The number of carbonyl (C=O) groups excluding carboxylic acids is 2. The van der Waals surface area contributed by atoms with Crippen LogP contribution >= 0.6 is 7.82 Å². The Bertz CT molecular complexity index is 1690. The van der Waals surface area contributed by atoms with Crippen molar-refractivity contribution in [2.45, 2.75) is 218 Å². The molecule has 68 heavy (non-hydrogen) atoms. The van der Waals surface area contributed by atoms with Gasteiger partial charge in [0.1, 0.15) is 19.3 Å². The molecule has 1 aromatic rings. The van der Waals surface area contributed by atoms with E-state index in [0.717, 1.165) is 87.7 Å². The third-order valence-electron chi connectivity index (χ3n) is 12.0. The molecule has 1 aliphatic rings. The highest BCUT2D eigenvalue weighted by molar-refractivity contribution is 7.47. The number of carbonyl (C=O) groups is 2. The summed E-state index contributed by atoms with van der Waals surface area (Å²) in [6.07, 6.45) is 35.2. The van der Waals surface area contributed by atoms with Gasteiger partial charge < -0.3 is 28.3 Å². The fourth-order valence-corrected chi connectivity index (χ4v) is 8.63. The van der Waals surface area contributed by atoms with Crippen LogP contribution in [0, 0.1) is 0 Å². The maximum Gasteiger partial charge on any atom is 0.472 e. The number of unbranched alkanes of at least 4 members (excludes halogenated alkanes) is 22. The normalized spacial score (nSPS) is 18.4. The van der Waals surface area contributed by atoms with E-state index in [-0.39, 0.29) is 39.3 Å². The largest absolute Gasteiger partial charge is 0.472 e. The van der Waals surface area contributed by atoms with Gasteiger partial charge in [0.2, 0.25) is 0 Å². The monoisotopic (exact) mass is 983 g/mol. The van der Waals surface area contributed by atoms with Gasteiger partial charge in [0.05, 0.1) is 41.0 Å². The number of likely N-dealkylation sites (N-methyl/N-ethyl adjacent to an activating group) is 1. The Morgan fingerprint density at radius 3 is 1.57 bits per heavy atom. The fourth-order valence-electron chi connectivity index (χ4n) is 7.94. The molecule has 1 aliphatic heterocycles. The molecule has 1 saturated heterocycles. The van der Waals surface area contributed by atoms with E-state index in [1.165, 1.54) is 83.2 Å². The van der Waals surface area contributed by atoms with Gasteiger partial charge in [-0.2, -0.15) is 0 Å². The van der Waals surface area contributed by atoms with Gasteiger partial charge in [0.15, 0.2) is 18.4 Å². The van der Waals surface area contributed by atoms with E-state index in [1.54, 1.807) is 0 Å². The van der Waals surface area contributed by atoms with Crippen molar-refractivity contribution in [3.05, 3.63) is 57.4 Å². The van der Waals surface area contributed by atoms with Crippen LogP contribution in [0.25, 0.3) is 0 Å². The van der Waals surface area contributed by atoms with Gasteiger partial charge >= 0.3 is 25.5 Å². The first-order valence-corrected chi connectivity index (χ1v) is 27.9. The Balaban J connectivity index is 1.99. The first-order valence-electron chi connectivity index (χ1n) is 26.4. The number of ether oxygens (including phenoxy) is 4. The number of aromatic amines is 1. The molecule has 2 N–H and O–H groups in total. The van der Waals surface area contributed by atoms with Crippen molar-refractivity contribution in [3.8, 4) is 0 Å². The summed E-state index contributed by atoms with van der Waals surface area (Å²) in [4.78, 5) is 64.3. The summed E-state index contributed by atoms with van der Waals surface area (Å²) in [6.45, 7) is 4.34.